The molecule has 0 aromatic carbocycles. The van der Waals surface area contributed by atoms with Gasteiger partial charge in [0.2, 0.25) is 5.91 Å². The Balaban J connectivity index is 0.00000264. The van der Waals surface area contributed by atoms with Crippen molar-refractivity contribution in [2.24, 2.45) is 0 Å². The molecule has 24 heavy (non-hydrogen) atoms. The minimum Gasteiger partial charge on any atom is -0.353 e. The van der Waals surface area contributed by atoms with Gasteiger partial charge in [0.25, 0.3) is 0 Å². The summed E-state index contributed by atoms with van der Waals surface area (Å²) >= 11 is 0. The first kappa shape index (κ1) is 23.2. The number of amides is 1. The number of carbonyl (C=O) groups excluding carboxylic acids is 1. The fraction of sp³-hybridized carbons (Fsp3) is 0.750. The maximum absolute atomic E-state index is 12.8. The predicted octanol–water partition coefficient (Wildman–Crippen LogP) is 1.65. The van der Waals surface area contributed by atoms with Crippen LogP contribution in [-0.2, 0) is 10.3 Å². The number of carbonyl (C=O) groups is 1. The second-order valence-corrected chi connectivity index (χ2v) is 6.21. The predicted molar refractivity (Wildman–Crippen MR) is 102 cm³/mol. The third-order valence-corrected chi connectivity index (χ3v) is 4.62. The van der Waals surface area contributed by atoms with Crippen LogP contribution in [0.25, 0.3) is 0 Å². The molecule has 0 saturated carbocycles. The van der Waals surface area contributed by atoms with Crippen LogP contribution < -0.4 is 10.6 Å². The molecule has 1 saturated heterocycles. The van der Waals surface area contributed by atoms with Gasteiger partial charge in [-0.05, 0) is 52.4 Å². The molecule has 1 fully saturated rings. The van der Waals surface area contributed by atoms with E-state index in [0.29, 0.717) is 12.6 Å². The fourth-order valence-corrected chi connectivity index (χ4v) is 3.18. The molecule has 0 aliphatic carbocycles. The number of likely N-dealkylation sites (N-methyl/N-ethyl adjacent to an activating group) is 1. The number of hydrogen-bond donors (Lipinski definition) is 2. The maximum Gasteiger partial charge on any atom is 0.248 e. The van der Waals surface area contributed by atoms with E-state index in [9.17, 15) is 4.79 Å². The molecule has 2 rings (SSSR count). The van der Waals surface area contributed by atoms with E-state index in [1.54, 1.807) is 6.20 Å². The molecule has 2 N–H and O–H groups in total. The van der Waals surface area contributed by atoms with Crippen molar-refractivity contribution in [2.45, 2.75) is 45.2 Å². The summed E-state index contributed by atoms with van der Waals surface area (Å²) in [5.41, 5.74) is -0.538. The lowest BCUT2D eigenvalue weighted by atomic mass is 9.87. The van der Waals surface area contributed by atoms with Gasteiger partial charge in [0.15, 0.2) is 0 Å². The van der Waals surface area contributed by atoms with Gasteiger partial charge in [-0.3, -0.25) is 14.4 Å². The minimum absolute atomic E-state index is 0. The number of nitrogens with one attached hydrogen (secondary N) is 2. The zero-order chi connectivity index (χ0) is 16.0. The topological polar surface area (TPSA) is 62.2 Å². The largest absolute Gasteiger partial charge is 0.353 e. The lowest BCUT2D eigenvalue weighted by molar-refractivity contribution is -0.132. The van der Waals surface area contributed by atoms with Gasteiger partial charge in [0.05, 0.1) is 0 Å². The summed E-state index contributed by atoms with van der Waals surface area (Å²) in [4.78, 5) is 15.2. The highest BCUT2D eigenvalue weighted by molar-refractivity contribution is 5.85. The maximum atomic E-state index is 12.8. The summed E-state index contributed by atoms with van der Waals surface area (Å²) in [6.45, 7) is 10.8. The van der Waals surface area contributed by atoms with E-state index in [1.807, 2.05) is 16.9 Å². The third-order valence-electron chi connectivity index (χ3n) is 4.62. The average Bonchev–Trinajstić information content (AvgIpc) is 3.06. The standard InChI is InChI=1S/C16H29N5O.2ClH/c1-4-20(14(2)3)13-11-18-15(22)16(6-9-17-10-7-16)21-12-5-8-19-21;;/h5,8,12,14,17H,4,6-7,9-11,13H2,1-3H3,(H,18,22);2*1H. The Morgan fingerprint density at radius 2 is 2.04 bits per heavy atom. The molecule has 1 aromatic heterocycles. The second-order valence-electron chi connectivity index (χ2n) is 6.21. The lowest BCUT2D eigenvalue weighted by Crippen LogP contribution is -2.55. The minimum atomic E-state index is -0.538. The zero-order valence-corrected chi connectivity index (χ0v) is 16.5. The fourth-order valence-electron chi connectivity index (χ4n) is 3.18. The molecule has 8 heteroatoms. The number of halogens is 2. The second kappa shape index (κ2) is 10.9. The van der Waals surface area contributed by atoms with Crippen molar-refractivity contribution in [1.29, 1.82) is 0 Å². The molecule has 0 radical (unpaired) electrons. The van der Waals surface area contributed by atoms with E-state index >= 15 is 0 Å². The van der Waals surface area contributed by atoms with Crippen LogP contribution >= 0.6 is 24.8 Å². The normalized spacial score (nSPS) is 16.4. The number of aromatic nitrogens is 2. The molecule has 0 atom stereocenters. The average molecular weight is 380 g/mol. The van der Waals surface area contributed by atoms with Crippen LogP contribution in [0.1, 0.15) is 33.6 Å². The third kappa shape index (κ3) is 5.34. The highest BCUT2D eigenvalue weighted by Crippen LogP contribution is 2.27. The van der Waals surface area contributed by atoms with Crippen molar-refractivity contribution in [1.82, 2.24) is 25.3 Å². The SMILES string of the molecule is CCN(CCNC(=O)C1(n2cccn2)CCNCC1)C(C)C.Cl.Cl. The Morgan fingerprint density at radius 1 is 1.38 bits per heavy atom. The van der Waals surface area contributed by atoms with E-state index in [4.69, 9.17) is 0 Å². The van der Waals surface area contributed by atoms with E-state index in [0.717, 1.165) is 39.0 Å². The number of hydrogen-bond acceptors (Lipinski definition) is 4. The molecular weight excluding hydrogens is 349 g/mol. The van der Waals surface area contributed by atoms with Crippen molar-refractivity contribution in [2.75, 3.05) is 32.7 Å². The van der Waals surface area contributed by atoms with Crippen LogP contribution in [0.4, 0.5) is 0 Å². The number of nitrogens with zero attached hydrogens (tertiary/aromatic N) is 3. The quantitative estimate of drug-likeness (QED) is 0.755. The first-order valence-electron chi connectivity index (χ1n) is 8.33. The smallest absolute Gasteiger partial charge is 0.248 e. The number of piperidine rings is 1. The molecule has 0 bridgehead atoms. The van der Waals surface area contributed by atoms with Crippen LogP contribution in [0.2, 0.25) is 0 Å². The van der Waals surface area contributed by atoms with Crippen LogP contribution in [0.3, 0.4) is 0 Å². The Kier molecular flexibility index (Phi) is 10.6. The van der Waals surface area contributed by atoms with Crippen LogP contribution in [-0.4, -0.2) is 59.4 Å². The lowest BCUT2D eigenvalue weighted by Gasteiger charge is -2.36. The van der Waals surface area contributed by atoms with Gasteiger partial charge >= 0.3 is 0 Å². The molecule has 2 heterocycles. The van der Waals surface area contributed by atoms with Gasteiger partial charge in [-0.25, -0.2) is 0 Å². The molecule has 0 spiro atoms. The molecule has 1 aromatic rings. The van der Waals surface area contributed by atoms with Crippen LogP contribution in [0.5, 0.6) is 0 Å². The molecule has 140 valence electrons. The van der Waals surface area contributed by atoms with Crippen molar-refractivity contribution < 1.29 is 4.79 Å². The van der Waals surface area contributed by atoms with Crippen molar-refractivity contribution in [3.63, 3.8) is 0 Å². The molecule has 1 aliphatic heterocycles. The summed E-state index contributed by atoms with van der Waals surface area (Å²) < 4.78 is 1.84. The molecule has 0 unspecified atom stereocenters. The Hall–Kier alpha value is -0.820. The summed E-state index contributed by atoms with van der Waals surface area (Å²) in [6.07, 6.45) is 5.20. The summed E-state index contributed by atoms with van der Waals surface area (Å²) in [5, 5.41) is 10.8. The van der Waals surface area contributed by atoms with Gasteiger partial charge in [-0.1, -0.05) is 6.92 Å². The van der Waals surface area contributed by atoms with Gasteiger partial charge < -0.3 is 10.6 Å². The van der Waals surface area contributed by atoms with Crippen molar-refractivity contribution >= 4 is 30.7 Å². The Labute approximate surface area is 157 Å². The summed E-state index contributed by atoms with van der Waals surface area (Å²) in [6, 6.07) is 2.38. The first-order chi connectivity index (χ1) is 10.6. The Morgan fingerprint density at radius 3 is 2.54 bits per heavy atom. The Bertz CT molecular complexity index is 461. The van der Waals surface area contributed by atoms with Crippen molar-refractivity contribution in [3.8, 4) is 0 Å². The van der Waals surface area contributed by atoms with Gasteiger partial charge in [0, 0.05) is 31.5 Å². The van der Waals surface area contributed by atoms with Crippen LogP contribution in [0, 0.1) is 0 Å². The first-order valence-corrected chi connectivity index (χ1v) is 8.33. The highest BCUT2D eigenvalue weighted by atomic mass is 35.5. The van der Waals surface area contributed by atoms with E-state index < -0.39 is 5.54 Å². The molecule has 1 aliphatic rings. The zero-order valence-electron chi connectivity index (χ0n) is 14.8. The summed E-state index contributed by atoms with van der Waals surface area (Å²) in [5.74, 6) is 0.0949. The monoisotopic (exact) mass is 379 g/mol. The van der Waals surface area contributed by atoms with Gasteiger partial charge in [-0.2, -0.15) is 5.10 Å². The van der Waals surface area contributed by atoms with E-state index in [1.165, 1.54) is 0 Å². The molecular formula is C16H31Cl2N5O. The van der Waals surface area contributed by atoms with Crippen LogP contribution in [0.15, 0.2) is 18.5 Å². The van der Waals surface area contributed by atoms with Crippen molar-refractivity contribution in [3.05, 3.63) is 18.5 Å². The molecule has 6 nitrogen and oxygen atoms in total. The van der Waals surface area contributed by atoms with E-state index in [2.05, 4.69) is 41.4 Å². The highest BCUT2D eigenvalue weighted by Gasteiger charge is 2.41. The summed E-state index contributed by atoms with van der Waals surface area (Å²) in [7, 11) is 0. The van der Waals surface area contributed by atoms with Gasteiger partial charge in [0.1, 0.15) is 5.54 Å². The number of rotatable bonds is 7. The molecule has 1 amide bonds. The van der Waals surface area contributed by atoms with Gasteiger partial charge in [-0.15, -0.1) is 24.8 Å². The van der Waals surface area contributed by atoms with E-state index in [-0.39, 0.29) is 30.7 Å².